The minimum atomic E-state index is -0.120. The number of rotatable bonds is 5. The van der Waals surface area contributed by atoms with Crippen LogP contribution in [0.5, 0.6) is 0 Å². The van der Waals surface area contributed by atoms with E-state index in [1.165, 1.54) is 16.9 Å². The minimum Gasteiger partial charge on any atom is -0.368 e. The number of aromatic nitrogens is 5. The average Bonchev–Trinajstić information content (AvgIpc) is 3.41. The van der Waals surface area contributed by atoms with Gasteiger partial charge in [0.05, 0.1) is 10.6 Å². The molecule has 3 aromatic heterocycles. The van der Waals surface area contributed by atoms with Gasteiger partial charge in [-0.05, 0) is 51.0 Å². The third kappa shape index (κ3) is 3.87. The molecule has 2 aliphatic carbocycles. The van der Waals surface area contributed by atoms with Crippen LogP contribution in [0.15, 0.2) is 9.95 Å². The lowest BCUT2D eigenvalue weighted by Crippen LogP contribution is -2.27. The Kier molecular flexibility index (Phi) is 5.83. The van der Waals surface area contributed by atoms with Gasteiger partial charge in [-0.3, -0.25) is 9.36 Å². The van der Waals surface area contributed by atoms with Crippen molar-refractivity contribution in [2.24, 2.45) is 0 Å². The first-order valence-corrected chi connectivity index (χ1v) is 13.0. The number of thioether (sulfide) groups is 1. The van der Waals surface area contributed by atoms with E-state index in [9.17, 15) is 4.79 Å². The molecule has 1 unspecified atom stereocenters. The number of hydrogen-bond acceptors (Lipinski definition) is 9. The zero-order chi connectivity index (χ0) is 22.4. The maximum absolute atomic E-state index is 13.8. The van der Waals surface area contributed by atoms with Crippen LogP contribution in [0.2, 0.25) is 0 Å². The number of nitrogens with two attached hydrogens (primary N) is 1. The summed E-state index contributed by atoms with van der Waals surface area (Å²) >= 11 is 3.25. The van der Waals surface area contributed by atoms with Gasteiger partial charge in [-0.1, -0.05) is 24.6 Å². The predicted octanol–water partition coefficient (Wildman–Crippen LogP) is 4.14. The topological polar surface area (TPSA) is 103 Å². The van der Waals surface area contributed by atoms with Crippen molar-refractivity contribution in [2.45, 2.75) is 74.7 Å². The van der Waals surface area contributed by atoms with Crippen molar-refractivity contribution in [3.8, 4) is 0 Å². The van der Waals surface area contributed by atoms with Gasteiger partial charge in [0.2, 0.25) is 11.9 Å². The molecule has 0 saturated heterocycles. The fraction of sp³-hybridized carbons (Fsp3) is 0.591. The van der Waals surface area contributed by atoms with Gasteiger partial charge in [0.1, 0.15) is 10.7 Å². The molecule has 3 heterocycles. The molecule has 0 aliphatic heterocycles. The van der Waals surface area contributed by atoms with Crippen molar-refractivity contribution in [3.63, 3.8) is 0 Å². The van der Waals surface area contributed by atoms with Gasteiger partial charge in [0.15, 0.2) is 5.16 Å². The quantitative estimate of drug-likeness (QED) is 0.437. The molecule has 2 aliphatic rings. The second kappa shape index (κ2) is 8.62. The van der Waals surface area contributed by atoms with Gasteiger partial charge in [-0.25, -0.2) is 4.98 Å². The van der Waals surface area contributed by atoms with Gasteiger partial charge < -0.3 is 10.6 Å². The van der Waals surface area contributed by atoms with E-state index < -0.39 is 0 Å². The monoisotopic (exact) mass is 471 g/mol. The molecule has 2 N–H and O–H groups in total. The van der Waals surface area contributed by atoms with Crippen molar-refractivity contribution in [1.82, 2.24) is 24.5 Å². The Hall–Kier alpha value is -2.20. The number of nitrogen functional groups attached to an aromatic ring is 1. The summed E-state index contributed by atoms with van der Waals surface area (Å²) < 4.78 is 1.98. The molecule has 1 saturated carbocycles. The third-order valence-electron chi connectivity index (χ3n) is 6.38. The first-order valence-electron chi connectivity index (χ1n) is 11.3. The molecule has 0 amide bonds. The second-order valence-electron chi connectivity index (χ2n) is 8.91. The Morgan fingerprint density at radius 1 is 1.09 bits per heavy atom. The van der Waals surface area contributed by atoms with Crippen molar-refractivity contribution in [2.75, 3.05) is 24.7 Å². The molecule has 0 aromatic carbocycles. The lowest BCUT2D eigenvalue weighted by molar-refractivity contribution is 0.457. The van der Waals surface area contributed by atoms with Crippen molar-refractivity contribution in [3.05, 3.63) is 26.6 Å². The highest BCUT2D eigenvalue weighted by atomic mass is 32.2. The van der Waals surface area contributed by atoms with Crippen LogP contribution in [0.1, 0.15) is 73.0 Å². The average molecular weight is 472 g/mol. The summed E-state index contributed by atoms with van der Waals surface area (Å²) in [5, 5.41) is 1.52. The molecule has 0 bridgehead atoms. The van der Waals surface area contributed by atoms with Crippen molar-refractivity contribution < 1.29 is 0 Å². The Bertz CT molecular complexity index is 1210. The highest BCUT2D eigenvalue weighted by Crippen LogP contribution is 2.40. The Balaban J connectivity index is 1.60. The molecule has 3 aromatic rings. The van der Waals surface area contributed by atoms with Gasteiger partial charge in [0, 0.05) is 25.0 Å². The van der Waals surface area contributed by atoms with Crippen LogP contribution in [-0.4, -0.2) is 38.6 Å². The summed E-state index contributed by atoms with van der Waals surface area (Å²) in [7, 11) is 3.75. The highest BCUT2D eigenvalue weighted by Gasteiger charge is 2.28. The summed E-state index contributed by atoms with van der Waals surface area (Å²) in [4.78, 5) is 36.1. The van der Waals surface area contributed by atoms with Crippen LogP contribution in [0.3, 0.4) is 0 Å². The van der Waals surface area contributed by atoms with E-state index in [-0.39, 0.29) is 22.8 Å². The van der Waals surface area contributed by atoms with E-state index in [4.69, 9.17) is 10.7 Å². The van der Waals surface area contributed by atoms with Crippen LogP contribution < -0.4 is 16.2 Å². The smallest absolute Gasteiger partial charge is 0.263 e. The molecule has 0 spiro atoms. The molecule has 0 radical (unpaired) electrons. The fourth-order valence-corrected chi connectivity index (χ4v) is 7.08. The highest BCUT2D eigenvalue weighted by molar-refractivity contribution is 7.99. The predicted molar refractivity (Wildman–Crippen MR) is 131 cm³/mol. The molecule has 32 heavy (non-hydrogen) atoms. The van der Waals surface area contributed by atoms with E-state index >= 15 is 0 Å². The van der Waals surface area contributed by atoms with Crippen LogP contribution in [-0.2, 0) is 12.8 Å². The standard InChI is InChI=1S/C22H29N7OS2/c1-12(17-24-20(23)27-21(25-17)28(2)3)31-22-26-18-16(14-10-6-7-11-15(14)32-18)19(30)29(22)13-8-4-5-9-13/h12-13H,4-11H2,1-3H3,(H2,23,24,25,27). The lowest BCUT2D eigenvalue weighted by atomic mass is 9.97. The molecule has 170 valence electrons. The number of anilines is 2. The van der Waals surface area contributed by atoms with E-state index in [1.54, 1.807) is 23.1 Å². The molecular formula is C22H29N7OS2. The van der Waals surface area contributed by atoms with Crippen LogP contribution in [0.4, 0.5) is 11.9 Å². The Labute approximate surface area is 195 Å². The number of hydrogen-bond donors (Lipinski definition) is 1. The Morgan fingerprint density at radius 2 is 1.84 bits per heavy atom. The van der Waals surface area contributed by atoms with Crippen LogP contribution in [0, 0.1) is 0 Å². The molecular weight excluding hydrogens is 442 g/mol. The van der Waals surface area contributed by atoms with Gasteiger partial charge in [0.25, 0.3) is 5.56 Å². The van der Waals surface area contributed by atoms with Crippen LogP contribution in [0.25, 0.3) is 10.2 Å². The largest absolute Gasteiger partial charge is 0.368 e. The fourth-order valence-electron chi connectivity index (χ4n) is 4.76. The molecule has 5 rings (SSSR count). The molecule has 8 nitrogen and oxygen atoms in total. The normalized spacial score (nSPS) is 17.6. The summed E-state index contributed by atoms with van der Waals surface area (Å²) in [5.41, 5.74) is 7.34. The number of nitrogens with zero attached hydrogens (tertiary/aromatic N) is 6. The maximum Gasteiger partial charge on any atom is 0.263 e. The van der Waals surface area contributed by atoms with E-state index in [1.807, 2.05) is 30.5 Å². The van der Waals surface area contributed by atoms with Gasteiger partial charge in [-0.15, -0.1) is 11.3 Å². The summed E-state index contributed by atoms with van der Waals surface area (Å²) in [6.45, 7) is 2.04. The first-order chi connectivity index (χ1) is 15.4. The van der Waals surface area contributed by atoms with Crippen LogP contribution >= 0.6 is 23.1 Å². The zero-order valence-electron chi connectivity index (χ0n) is 18.8. The lowest BCUT2D eigenvalue weighted by Gasteiger charge is -2.20. The first kappa shape index (κ1) is 21.6. The molecule has 1 atom stereocenters. The Morgan fingerprint density at radius 3 is 2.59 bits per heavy atom. The zero-order valence-corrected chi connectivity index (χ0v) is 20.4. The summed E-state index contributed by atoms with van der Waals surface area (Å²) in [6.07, 6.45) is 8.80. The van der Waals surface area contributed by atoms with Crippen molar-refractivity contribution in [1.29, 1.82) is 0 Å². The number of fused-ring (bicyclic) bond motifs is 3. The van der Waals surface area contributed by atoms with E-state index in [2.05, 4.69) is 15.0 Å². The molecule has 1 fully saturated rings. The van der Waals surface area contributed by atoms with Crippen molar-refractivity contribution >= 4 is 45.2 Å². The van der Waals surface area contributed by atoms with E-state index in [0.717, 1.165) is 60.3 Å². The molecule has 10 heteroatoms. The van der Waals surface area contributed by atoms with Gasteiger partial charge in [-0.2, -0.15) is 15.0 Å². The van der Waals surface area contributed by atoms with E-state index in [0.29, 0.717) is 11.8 Å². The summed E-state index contributed by atoms with van der Waals surface area (Å²) in [5.74, 6) is 1.33. The summed E-state index contributed by atoms with van der Waals surface area (Å²) in [6, 6.07) is 0.217. The third-order valence-corrected chi connectivity index (χ3v) is 8.63. The maximum atomic E-state index is 13.8. The second-order valence-corrected chi connectivity index (χ2v) is 11.3. The van der Waals surface area contributed by atoms with Gasteiger partial charge >= 0.3 is 0 Å². The number of thiophene rings is 1. The SMILES string of the molecule is CC(Sc1nc2sc3c(c2c(=O)n1C1CCCC1)CCCC3)c1nc(N)nc(N(C)C)n1. The minimum absolute atomic E-state index is 0.120. The number of aryl methyl sites for hydroxylation is 2.